The molecule has 0 radical (unpaired) electrons. The Morgan fingerprint density at radius 1 is 0.844 bits per heavy atom. The number of unbranched alkanes of at least 4 members (excludes halogenated alkanes) is 1. The number of nitrogens with zero attached hydrogens (tertiary/aromatic N) is 1. The van der Waals surface area contributed by atoms with E-state index in [0.29, 0.717) is 5.92 Å². The minimum atomic E-state index is 0.148. The van der Waals surface area contributed by atoms with Crippen LogP contribution < -0.4 is 4.74 Å². The van der Waals surface area contributed by atoms with Crippen molar-refractivity contribution in [1.82, 2.24) is 4.57 Å². The van der Waals surface area contributed by atoms with Crippen LogP contribution in [0.2, 0.25) is 0 Å². The summed E-state index contributed by atoms with van der Waals surface area (Å²) in [6.45, 7) is 14.4. The Kier molecular flexibility index (Phi) is 6.33. The van der Waals surface area contributed by atoms with Crippen molar-refractivity contribution in [3.63, 3.8) is 0 Å². The van der Waals surface area contributed by atoms with Crippen molar-refractivity contribution >= 4 is 21.8 Å². The molecular weight excluding hydrogens is 390 g/mol. The first-order valence-electron chi connectivity index (χ1n) is 12.2. The van der Waals surface area contributed by atoms with Crippen LogP contribution >= 0.6 is 0 Å². The molecule has 4 aromatic rings. The Balaban J connectivity index is 1.92. The smallest absolute Gasteiger partial charge is 0.119 e. The van der Waals surface area contributed by atoms with Crippen LogP contribution in [-0.4, -0.2) is 11.2 Å². The summed E-state index contributed by atoms with van der Waals surface area (Å²) in [5, 5.41) is 2.63. The molecule has 0 saturated carbocycles. The molecule has 168 valence electrons. The van der Waals surface area contributed by atoms with Gasteiger partial charge in [-0.25, -0.2) is 0 Å². The van der Waals surface area contributed by atoms with Crippen molar-refractivity contribution in [2.45, 2.75) is 72.1 Å². The van der Waals surface area contributed by atoms with Gasteiger partial charge in [0.1, 0.15) is 5.75 Å². The van der Waals surface area contributed by atoms with Crippen LogP contribution in [0.4, 0.5) is 0 Å². The first kappa shape index (κ1) is 22.5. The summed E-state index contributed by atoms with van der Waals surface area (Å²) in [6.07, 6.45) is 3.34. The van der Waals surface area contributed by atoms with E-state index in [-0.39, 0.29) is 5.41 Å². The lowest BCUT2D eigenvalue weighted by atomic mass is 9.82. The zero-order chi connectivity index (χ0) is 22.9. The summed E-state index contributed by atoms with van der Waals surface area (Å²) in [4.78, 5) is 0. The van der Waals surface area contributed by atoms with E-state index < -0.39 is 0 Å². The maximum absolute atomic E-state index is 5.91. The third-order valence-corrected chi connectivity index (χ3v) is 6.99. The average molecular weight is 428 g/mol. The third kappa shape index (κ3) is 4.16. The Morgan fingerprint density at radius 3 is 2.12 bits per heavy atom. The van der Waals surface area contributed by atoms with E-state index in [1.165, 1.54) is 38.6 Å². The van der Waals surface area contributed by atoms with E-state index in [1.807, 2.05) is 0 Å². The summed E-state index contributed by atoms with van der Waals surface area (Å²) in [6, 6.07) is 22.6. The Hall–Kier alpha value is -2.74. The lowest BCUT2D eigenvalue weighted by Crippen LogP contribution is -2.15. The van der Waals surface area contributed by atoms with Gasteiger partial charge < -0.3 is 9.30 Å². The first-order valence-corrected chi connectivity index (χ1v) is 12.2. The SMILES string of the molecule is CCCCOc1ccc(-n2c3cc(C(C)C)ccc3c3ccc(C(C)(C)CC)cc32)cc1. The van der Waals surface area contributed by atoms with Gasteiger partial charge in [-0.1, -0.05) is 72.2 Å². The van der Waals surface area contributed by atoms with Gasteiger partial charge >= 0.3 is 0 Å². The highest BCUT2D eigenvalue weighted by atomic mass is 16.5. The molecule has 0 N–H and O–H groups in total. The minimum absolute atomic E-state index is 0.148. The fraction of sp³-hybridized carbons (Fsp3) is 0.400. The van der Waals surface area contributed by atoms with Crippen molar-refractivity contribution < 1.29 is 4.74 Å². The molecule has 0 aliphatic heterocycles. The molecular formula is C30H37NO. The van der Waals surface area contributed by atoms with E-state index >= 15 is 0 Å². The number of benzene rings is 3. The number of hydrogen-bond acceptors (Lipinski definition) is 1. The largest absolute Gasteiger partial charge is 0.494 e. The van der Waals surface area contributed by atoms with E-state index in [2.05, 4.69) is 107 Å². The molecule has 0 aliphatic rings. The quantitative estimate of drug-likeness (QED) is 0.256. The normalized spacial score (nSPS) is 12.2. The molecule has 0 fully saturated rings. The average Bonchev–Trinajstić information content (AvgIpc) is 3.12. The number of rotatable bonds is 8. The van der Waals surface area contributed by atoms with Crippen LogP contribution in [-0.2, 0) is 5.41 Å². The topological polar surface area (TPSA) is 14.2 Å². The lowest BCUT2D eigenvalue weighted by Gasteiger charge is -2.23. The van der Waals surface area contributed by atoms with Crippen molar-refractivity contribution in [3.8, 4) is 11.4 Å². The zero-order valence-corrected chi connectivity index (χ0v) is 20.5. The number of fused-ring (bicyclic) bond motifs is 3. The molecule has 1 aromatic heterocycles. The summed E-state index contributed by atoms with van der Waals surface area (Å²) in [5.41, 5.74) is 6.64. The van der Waals surface area contributed by atoms with Gasteiger partial charge in [-0.05, 0) is 71.7 Å². The molecule has 0 bridgehead atoms. The summed E-state index contributed by atoms with van der Waals surface area (Å²) in [7, 11) is 0. The van der Waals surface area contributed by atoms with Gasteiger partial charge in [0.05, 0.1) is 17.6 Å². The highest BCUT2D eigenvalue weighted by Gasteiger charge is 2.21. The second kappa shape index (κ2) is 9.02. The van der Waals surface area contributed by atoms with Crippen LogP contribution in [0, 0.1) is 0 Å². The van der Waals surface area contributed by atoms with Gasteiger partial charge in [0.15, 0.2) is 0 Å². The van der Waals surface area contributed by atoms with E-state index in [1.54, 1.807) is 0 Å². The predicted molar refractivity (Wildman–Crippen MR) is 139 cm³/mol. The third-order valence-electron chi connectivity index (χ3n) is 6.99. The van der Waals surface area contributed by atoms with Gasteiger partial charge in [-0.15, -0.1) is 0 Å². The van der Waals surface area contributed by atoms with E-state index in [4.69, 9.17) is 4.74 Å². The van der Waals surface area contributed by atoms with E-state index in [9.17, 15) is 0 Å². The molecule has 0 unspecified atom stereocenters. The van der Waals surface area contributed by atoms with Crippen molar-refractivity contribution in [2.75, 3.05) is 6.61 Å². The maximum Gasteiger partial charge on any atom is 0.119 e. The predicted octanol–water partition coefficient (Wildman–Crippen LogP) is 8.77. The summed E-state index contributed by atoms with van der Waals surface area (Å²) >= 11 is 0. The molecule has 2 nitrogen and oxygen atoms in total. The Morgan fingerprint density at radius 2 is 1.50 bits per heavy atom. The molecule has 2 heteroatoms. The zero-order valence-electron chi connectivity index (χ0n) is 20.5. The summed E-state index contributed by atoms with van der Waals surface area (Å²) in [5.74, 6) is 1.44. The Labute approximate surface area is 193 Å². The second-order valence-corrected chi connectivity index (χ2v) is 9.93. The van der Waals surface area contributed by atoms with Gasteiger partial charge in [-0.3, -0.25) is 0 Å². The molecule has 0 atom stereocenters. The van der Waals surface area contributed by atoms with Crippen LogP contribution in [0.3, 0.4) is 0 Å². The Bertz CT molecular complexity index is 1210. The van der Waals surface area contributed by atoms with Gasteiger partial charge in [0.25, 0.3) is 0 Å². The van der Waals surface area contributed by atoms with Crippen LogP contribution in [0.25, 0.3) is 27.5 Å². The standard InChI is InChI=1S/C30H37NO/c1-7-9-18-32-25-14-12-24(13-15-25)31-28-19-22(21(3)4)10-16-26(28)27-17-11-23(20-29(27)31)30(5,6)8-2/h10-17,19-21H,7-9,18H2,1-6H3. The highest BCUT2D eigenvalue weighted by molar-refractivity contribution is 6.09. The fourth-order valence-corrected chi connectivity index (χ4v) is 4.32. The lowest BCUT2D eigenvalue weighted by molar-refractivity contribution is 0.309. The van der Waals surface area contributed by atoms with Crippen LogP contribution in [0.15, 0.2) is 60.7 Å². The molecule has 0 saturated heterocycles. The van der Waals surface area contributed by atoms with Crippen molar-refractivity contribution in [1.29, 1.82) is 0 Å². The molecule has 0 amide bonds. The van der Waals surface area contributed by atoms with E-state index in [0.717, 1.165) is 31.6 Å². The van der Waals surface area contributed by atoms with Gasteiger partial charge in [-0.2, -0.15) is 0 Å². The first-order chi connectivity index (χ1) is 15.4. The van der Waals surface area contributed by atoms with Crippen LogP contribution in [0.5, 0.6) is 5.75 Å². The molecule has 3 aromatic carbocycles. The molecule has 4 rings (SSSR count). The molecule has 0 spiro atoms. The van der Waals surface area contributed by atoms with Crippen molar-refractivity contribution in [2.24, 2.45) is 0 Å². The number of aromatic nitrogens is 1. The summed E-state index contributed by atoms with van der Waals surface area (Å²) < 4.78 is 8.35. The maximum atomic E-state index is 5.91. The molecule has 1 heterocycles. The van der Waals surface area contributed by atoms with Crippen molar-refractivity contribution in [3.05, 3.63) is 71.8 Å². The highest BCUT2D eigenvalue weighted by Crippen LogP contribution is 2.37. The van der Waals surface area contributed by atoms with Gasteiger partial charge in [0.2, 0.25) is 0 Å². The fourth-order valence-electron chi connectivity index (χ4n) is 4.32. The number of hydrogen-bond donors (Lipinski definition) is 0. The van der Waals surface area contributed by atoms with Crippen LogP contribution in [0.1, 0.15) is 77.8 Å². The molecule has 32 heavy (non-hydrogen) atoms. The minimum Gasteiger partial charge on any atom is -0.494 e. The number of ether oxygens (including phenoxy) is 1. The second-order valence-electron chi connectivity index (χ2n) is 9.93. The molecule has 0 aliphatic carbocycles. The van der Waals surface area contributed by atoms with Gasteiger partial charge in [0, 0.05) is 16.5 Å². The monoisotopic (exact) mass is 427 g/mol.